The molecule has 0 radical (unpaired) electrons. The van der Waals surface area contributed by atoms with Gasteiger partial charge < -0.3 is 4.74 Å². The Morgan fingerprint density at radius 1 is 0.900 bits per heavy atom. The van der Waals surface area contributed by atoms with Gasteiger partial charge in [-0.3, -0.25) is 4.79 Å². The molecule has 98 valence electrons. The standard InChI is InChI=1S/C18H14O2/c1-13-6-7-14(12-19)10-18(13)20-17-9-8-15-4-2-3-5-16(15)11-17/h2-12H,1H3. The Morgan fingerprint density at radius 3 is 2.50 bits per heavy atom. The van der Waals surface area contributed by atoms with Gasteiger partial charge in [0.1, 0.15) is 17.8 Å². The first-order valence-electron chi connectivity index (χ1n) is 6.49. The van der Waals surface area contributed by atoms with E-state index in [2.05, 4.69) is 12.1 Å². The summed E-state index contributed by atoms with van der Waals surface area (Å²) in [6, 6.07) is 19.5. The Hall–Kier alpha value is -2.61. The Labute approximate surface area is 117 Å². The molecule has 0 unspecified atom stereocenters. The molecule has 2 heteroatoms. The Morgan fingerprint density at radius 2 is 1.70 bits per heavy atom. The lowest BCUT2D eigenvalue weighted by Crippen LogP contribution is -1.90. The van der Waals surface area contributed by atoms with Crippen LogP contribution in [-0.4, -0.2) is 6.29 Å². The van der Waals surface area contributed by atoms with Crippen molar-refractivity contribution in [3.8, 4) is 11.5 Å². The molecule has 0 saturated carbocycles. The number of fused-ring (bicyclic) bond motifs is 1. The highest BCUT2D eigenvalue weighted by Crippen LogP contribution is 2.28. The van der Waals surface area contributed by atoms with Gasteiger partial charge in [0.2, 0.25) is 0 Å². The highest BCUT2D eigenvalue weighted by molar-refractivity contribution is 5.83. The summed E-state index contributed by atoms with van der Waals surface area (Å²) in [5.74, 6) is 1.49. The average molecular weight is 262 g/mol. The number of carbonyl (C=O) groups is 1. The second kappa shape index (κ2) is 5.17. The maximum Gasteiger partial charge on any atom is 0.150 e. The fourth-order valence-corrected chi connectivity index (χ4v) is 2.16. The van der Waals surface area contributed by atoms with Crippen molar-refractivity contribution in [1.29, 1.82) is 0 Å². The molecule has 0 saturated heterocycles. The molecule has 0 aliphatic heterocycles. The van der Waals surface area contributed by atoms with Crippen LogP contribution in [0.25, 0.3) is 10.8 Å². The molecule has 0 aliphatic carbocycles. The van der Waals surface area contributed by atoms with Gasteiger partial charge in [0.05, 0.1) is 0 Å². The van der Waals surface area contributed by atoms with Gasteiger partial charge in [0, 0.05) is 5.56 Å². The zero-order valence-electron chi connectivity index (χ0n) is 11.2. The fourth-order valence-electron chi connectivity index (χ4n) is 2.16. The zero-order valence-corrected chi connectivity index (χ0v) is 11.2. The van der Waals surface area contributed by atoms with Crippen LogP contribution in [0, 0.1) is 6.92 Å². The fraction of sp³-hybridized carbons (Fsp3) is 0.0556. The molecule has 2 nitrogen and oxygen atoms in total. The molecule has 0 aromatic heterocycles. The summed E-state index contributed by atoms with van der Waals surface area (Å²) in [4.78, 5) is 10.8. The van der Waals surface area contributed by atoms with E-state index < -0.39 is 0 Å². The number of carbonyl (C=O) groups excluding carboxylic acids is 1. The van der Waals surface area contributed by atoms with Crippen LogP contribution < -0.4 is 4.74 Å². The summed E-state index contributed by atoms with van der Waals surface area (Å²) in [5.41, 5.74) is 1.62. The van der Waals surface area contributed by atoms with Crippen molar-refractivity contribution in [3.63, 3.8) is 0 Å². The highest BCUT2D eigenvalue weighted by Gasteiger charge is 2.04. The van der Waals surface area contributed by atoms with Gasteiger partial charge >= 0.3 is 0 Å². The molecular formula is C18H14O2. The summed E-state index contributed by atoms with van der Waals surface area (Å²) in [7, 11) is 0. The van der Waals surface area contributed by atoms with E-state index in [1.54, 1.807) is 12.1 Å². The molecule has 0 aliphatic rings. The minimum Gasteiger partial charge on any atom is -0.457 e. The molecule has 0 fully saturated rings. The maximum absolute atomic E-state index is 10.8. The molecule has 3 aromatic carbocycles. The summed E-state index contributed by atoms with van der Waals surface area (Å²) in [6.07, 6.45) is 0.826. The van der Waals surface area contributed by atoms with Gasteiger partial charge in [-0.15, -0.1) is 0 Å². The number of aldehydes is 1. The maximum atomic E-state index is 10.8. The van der Waals surface area contributed by atoms with Crippen molar-refractivity contribution in [2.24, 2.45) is 0 Å². The SMILES string of the molecule is Cc1ccc(C=O)cc1Oc1ccc2ccccc2c1. The van der Waals surface area contributed by atoms with E-state index in [4.69, 9.17) is 4.74 Å². The summed E-state index contributed by atoms with van der Waals surface area (Å²) in [6.45, 7) is 1.96. The number of benzene rings is 3. The minimum absolute atomic E-state index is 0.617. The normalized spacial score (nSPS) is 10.4. The molecule has 0 amide bonds. The summed E-state index contributed by atoms with van der Waals surface area (Å²) in [5, 5.41) is 2.31. The van der Waals surface area contributed by atoms with Crippen LogP contribution in [0.2, 0.25) is 0 Å². The minimum atomic E-state index is 0.617. The average Bonchev–Trinajstić information content (AvgIpc) is 2.49. The first kappa shape index (κ1) is 12.4. The Kier molecular flexibility index (Phi) is 3.21. The number of aryl methyl sites for hydroxylation is 1. The second-order valence-corrected chi connectivity index (χ2v) is 4.75. The van der Waals surface area contributed by atoms with Crippen LogP contribution in [0.5, 0.6) is 11.5 Å². The van der Waals surface area contributed by atoms with E-state index >= 15 is 0 Å². The van der Waals surface area contributed by atoms with Gasteiger partial charge in [-0.05, 0) is 41.5 Å². The zero-order chi connectivity index (χ0) is 13.9. The third-order valence-corrected chi connectivity index (χ3v) is 3.30. The summed E-state index contributed by atoms with van der Waals surface area (Å²) >= 11 is 0. The second-order valence-electron chi connectivity index (χ2n) is 4.75. The quantitative estimate of drug-likeness (QED) is 0.636. The van der Waals surface area contributed by atoms with Gasteiger partial charge in [-0.2, -0.15) is 0 Å². The molecule has 3 aromatic rings. The number of rotatable bonds is 3. The Balaban J connectivity index is 1.98. The monoisotopic (exact) mass is 262 g/mol. The predicted octanol–water partition coefficient (Wildman–Crippen LogP) is 4.75. The van der Waals surface area contributed by atoms with E-state index in [9.17, 15) is 4.79 Å². The molecule has 0 heterocycles. The number of ether oxygens (including phenoxy) is 1. The smallest absolute Gasteiger partial charge is 0.150 e. The van der Waals surface area contributed by atoms with E-state index in [-0.39, 0.29) is 0 Å². The molecule has 20 heavy (non-hydrogen) atoms. The van der Waals surface area contributed by atoms with Crippen LogP contribution in [-0.2, 0) is 0 Å². The van der Waals surface area contributed by atoms with Crippen molar-refractivity contribution in [2.75, 3.05) is 0 Å². The van der Waals surface area contributed by atoms with Crippen LogP contribution in [0.1, 0.15) is 15.9 Å². The lowest BCUT2D eigenvalue weighted by Gasteiger charge is -2.10. The topological polar surface area (TPSA) is 26.3 Å². The molecule has 0 bridgehead atoms. The largest absolute Gasteiger partial charge is 0.457 e. The Bertz CT molecular complexity index is 775. The third kappa shape index (κ3) is 2.41. The van der Waals surface area contributed by atoms with E-state index in [1.165, 1.54) is 5.39 Å². The van der Waals surface area contributed by atoms with Crippen molar-refractivity contribution in [1.82, 2.24) is 0 Å². The first-order chi connectivity index (χ1) is 9.76. The van der Waals surface area contributed by atoms with Gasteiger partial charge in [0.25, 0.3) is 0 Å². The van der Waals surface area contributed by atoms with Crippen LogP contribution in [0.15, 0.2) is 60.7 Å². The van der Waals surface area contributed by atoms with Crippen molar-refractivity contribution < 1.29 is 9.53 Å². The molecular weight excluding hydrogens is 248 g/mol. The van der Waals surface area contributed by atoms with Crippen LogP contribution >= 0.6 is 0 Å². The third-order valence-electron chi connectivity index (χ3n) is 3.30. The number of hydrogen-bond acceptors (Lipinski definition) is 2. The van der Waals surface area contributed by atoms with Crippen LogP contribution in [0.3, 0.4) is 0 Å². The molecule has 0 atom stereocenters. The number of hydrogen-bond donors (Lipinski definition) is 0. The van der Waals surface area contributed by atoms with Crippen molar-refractivity contribution in [3.05, 3.63) is 71.8 Å². The van der Waals surface area contributed by atoms with Crippen molar-refractivity contribution >= 4 is 17.1 Å². The summed E-state index contributed by atoms with van der Waals surface area (Å²) < 4.78 is 5.90. The molecule has 0 spiro atoms. The predicted molar refractivity (Wildman–Crippen MR) is 80.6 cm³/mol. The molecule has 0 N–H and O–H groups in total. The first-order valence-corrected chi connectivity index (χ1v) is 6.49. The van der Waals surface area contributed by atoms with E-state index in [1.807, 2.05) is 43.3 Å². The van der Waals surface area contributed by atoms with Gasteiger partial charge in [-0.25, -0.2) is 0 Å². The van der Waals surface area contributed by atoms with E-state index in [0.29, 0.717) is 11.3 Å². The highest BCUT2D eigenvalue weighted by atomic mass is 16.5. The lowest BCUT2D eigenvalue weighted by molar-refractivity contribution is 0.112. The van der Waals surface area contributed by atoms with Crippen molar-refractivity contribution in [2.45, 2.75) is 6.92 Å². The van der Waals surface area contributed by atoms with Gasteiger partial charge in [-0.1, -0.05) is 42.5 Å². The van der Waals surface area contributed by atoms with E-state index in [0.717, 1.165) is 23.0 Å². The lowest BCUT2D eigenvalue weighted by atomic mass is 10.1. The van der Waals surface area contributed by atoms with Gasteiger partial charge in [0.15, 0.2) is 0 Å². The van der Waals surface area contributed by atoms with Crippen LogP contribution in [0.4, 0.5) is 0 Å². The molecule has 3 rings (SSSR count).